The molecule has 2 nitrogen and oxygen atoms in total. The Balaban J connectivity index is 2.87. The van der Waals surface area contributed by atoms with E-state index in [-0.39, 0.29) is 5.75 Å². The van der Waals surface area contributed by atoms with Gasteiger partial charge in [-0.1, -0.05) is 22.0 Å². The van der Waals surface area contributed by atoms with Crippen LogP contribution < -0.4 is 0 Å². The lowest BCUT2D eigenvalue weighted by atomic mass is 10.4. The molecule has 64 valence electrons. The van der Waals surface area contributed by atoms with E-state index < -0.39 is 10.8 Å². The molecule has 0 spiro atoms. The molecule has 4 heteroatoms. The van der Waals surface area contributed by atoms with Crippen LogP contribution in [0.15, 0.2) is 33.6 Å². The van der Waals surface area contributed by atoms with Gasteiger partial charge in [0, 0.05) is 9.37 Å². The second-order valence-corrected chi connectivity index (χ2v) is 4.55. The molecule has 1 aromatic rings. The average molecular weight is 247 g/mol. The van der Waals surface area contributed by atoms with Gasteiger partial charge in [-0.25, -0.2) is 0 Å². The number of halogens is 1. The molecule has 0 heterocycles. The van der Waals surface area contributed by atoms with Crippen molar-refractivity contribution in [2.24, 2.45) is 0 Å². The lowest BCUT2D eigenvalue weighted by Gasteiger charge is -1.97. The van der Waals surface area contributed by atoms with Crippen LogP contribution in [0.2, 0.25) is 0 Å². The number of carbonyl (C=O) groups is 1. The Kier molecular flexibility index (Phi) is 3.62. The minimum Gasteiger partial charge on any atom is -0.302 e. The normalized spacial score (nSPS) is 12.4. The molecule has 0 fully saturated rings. The number of hydrogen-bond donors (Lipinski definition) is 0. The first-order valence-electron chi connectivity index (χ1n) is 3.31. The molecule has 0 amide bonds. The van der Waals surface area contributed by atoms with E-state index in [0.717, 1.165) is 4.47 Å². The minimum absolute atomic E-state index is 0.0659. The highest BCUT2D eigenvalue weighted by atomic mass is 79.9. The maximum absolute atomic E-state index is 11.3. The molecule has 1 aromatic carbocycles. The van der Waals surface area contributed by atoms with E-state index in [0.29, 0.717) is 11.2 Å². The highest BCUT2D eigenvalue weighted by Crippen LogP contribution is 2.14. The van der Waals surface area contributed by atoms with Crippen molar-refractivity contribution in [3.05, 3.63) is 28.7 Å². The van der Waals surface area contributed by atoms with E-state index in [1.165, 1.54) is 0 Å². The molecule has 12 heavy (non-hydrogen) atoms. The quantitative estimate of drug-likeness (QED) is 0.762. The summed E-state index contributed by atoms with van der Waals surface area (Å²) in [6.45, 7) is 0. The molecule has 0 aliphatic heterocycles. The number of carbonyl (C=O) groups excluding carboxylic acids is 1. The van der Waals surface area contributed by atoms with Crippen molar-refractivity contribution in [3.8, 4) is 0 Å². The van der Waals surface area contributed by atoms with Crippen molar-refractivity contribution in [3.63, 3.8) is 0 Å². The first-order chi connectivity index (χ1) is 5.74. The summed E-state index contributed by atoms with van der Waals surface area (Å²) in [7, 11) is -1.19. The fourth-order valence-corrected chi connectivity index (χ4v) is 2.12. The Morgan fingerprint density at radius 1 is 1.50 bits per heavy atom. The van der Waals surface area contributed by atoms with Crippen LogP contribution in [0.4, 0.5) is 0 Å². The van der Waals surface area contributed by atoms with Crippen LogP contribution >= 0.6 is 15.9 Å². The number of rotatable bonds is 3. The van der Waals surface area contributed by atoms with Crippen LogP contribution in [0.3, 0.4) is 0 Å². The van der Waals surface area contributed by atoms with E-state index in [1.54, 1.807) is 18.2 Å². The molecule has 1 unspecified atom stereocenters. The van der Waals surface area contributed by atoms with E-state index in [2.05, 4.69) is 15.9 Å². The van der Waals surface area contributed by atoms with E-state index in [9.17, 15) is 9.00 Å². The van der Waals surface area contributed by atoms with Crippen LogP contribution in [-0.2, 0) is 15.6 Å². The lowest BCUT2D eigenvalue weighted by Crippen LogP contribution is -1.98. The highest BCUT2D eigenvalue weighted by molar-refractivity contribution is 9.10. The molecule has 0 aromatic heterocycles. The summed E-state index contributed by atoms with van der Waals surface area (Å²) in [4.78, 5) is 10.7. The maximum Gasteiger partial charge on any atom is 0.132 e. The molecule has 0 bridgehead atoms. The molecule has 0 radical (unpaired) electrons. The first-order valence-corrected chi connectivity index (χ1v) is 5.43. The smallest absolute Gasteiger partial charge is 0.132 e. The molecule has 0 N–H and O–H groups in total. The molecule has 0 aliphatic carbocycles. The molecule has 1 rings (SSSR count). The zero-order valence-corrected chi connectivity index (χ0v) is 8.60. The van der Waals surface area contributed by atoms with Gasteiger partial charge in [0.05, 0.1) is 16.6 Å². The van der Waals surface area contributed by atoms with E-state index >= 15 is 0 Å². The summed E-state index contributed by atoms with van der Waals surface area (Å²) < 4.78 is 12.1. The van der Waals surface area contributed by atoms with Crippen LogP contribution in [0, 0.1) is 0 Å². The average Bonchev–Trinajstić information content (AvgIpc) is 2.05. The minimum atomic E-state index is -1.19. The summed E-state index contributed by atoms with van der Waals surface area (Å²) >= 11 is 3.26. The van der Waals surface area contributed by atoms with Crippen LogP contribution in [-0.4, -0.2) is 16.2 Å². The largest absolute Gasteiger partial charge is 0.302 e. The van der Waals surface area contributed by atoms with Crippen molar-refractivity contribution >= 4 is 33.0 Å². The Morgan fingerprint density at radius 2 is 2.25 bits per heavy atom. The Bertz CT molecular complexity index is 312. The molecule has 0 saturated heterocycles. The fourth-order valence-electron chi connectivity index (χ4n) is 0.767. The fraction of sp³-hybridized carbons (Fsp3) is 0.125. The van der Waals surface area contributed by atoms with Gasteiger partial charge in [-0.05, 0) is 18.2 Å². The van der Waals surface area contributed by atoms with Gasteiger partial charge in [0.25, 0.3) is 0 Å². The second kappa shape index (κ2) is 4.52. The van der Waals surface area contributed by atoms with Crippen molar-refractivity contribution in [1.82, 2.24) is 0 Å². The van der Waals surface area contributed by atoms with Crippen molar-refractivity contribution in [2.75, 3.05) is 5.75 Å². The third kappa shape index (κ3) is 2.53. The van der Waals surface area contributed by atoms with Gasteiger partial charge in [0.2, 0.25) is 0 Å². The third-order valence-electron chi connectivity index (χ3n) is 1.28. The summed E-state index contributed by atoms with van der Waals surface area (Å²) in [6, 6.07) is 7.13. The topological polar surface area (TPSA) is 34.1 Å². The number of hydrogen-bond acceptors (Lipinski definition) is 2. The summed E-state index contributed by atoms with van der Waals surface area (Å²) in [5.41, 5.74) is 0. The first kappa shape index (κ1) is 9.61. The Morgan fingerprint density at radius 3 is 2.83 bits per heavy atom. The third-order valence-corrected chi connectivity index (χ3v) is 2.99. The zero-order chi connectivity index (χ0) is 8.97. The maximum atomic E-state index is 11.3. The SMILES string of the molecule is O=CCS(=O)c1cccc(Br)c1. The van der Waals surface area contributed by atoms with E-state index in [1.807, 2.05) is 6.07 Å². The monoisotopic (exact) mass is 246 g/mol. The van der Waals surface area contributed by atoms with Crippen LogP contribution in [0.5, 0.6) is 0 Å². The second-order valence-electron chi connectivity index (χ2n) is 2.14. The molecular weight excluding hydrogens is 240 g/mol. The molecule has 1 atom stereocenters. The zero-order valence-electron chi connectivity index (χ0n) is 6.20. The molecule has 0 saturated carbocycles. The Labute approximate surface area is 81.6 Å². The Hall–Kier alpha value is -0.480. The summed E-state index contributed by atoms with van der Waals surface area (Å²) in [5, 5.41) is 0. The summed E-state index contributed by atoms with van der Waals surface area (Å²) in [6.07, 6.45) is 0.664. The number of benzene rings is 1. The molecule has 0 aliphatic rings. The predicted molar refractivity (Wildman–Crippen MR) is 51.5 cm³/mol. The van der Waals surface area contributed by atoms with Gasteiger partial charge in [-0.2, -0.15) is 0 Å². The van der Waals surface area contributed by atoms with Gasteiger partial charge in [-0.3, -0.25) is 4.21 Å². The highest BCUT2D eigenvalue weighted by Gasteiger charge is 2.01. The lowest BCUT2D eigenvalue weighted by molar-refractivity contribution is -0.105. The van der Waals surface area contributed by atoms with E-state index in [4.69, 9.17) is 0 Å². The van der Waals surface area contributed by atoms with Gasteiger partial charge in [0.1, 0.15) is 6.29 Å². The van der Waals surface area contributed by atoms with Crippen LogP contribution in [0.1, 0.15) is 0 Å². The van der Waals surface area contributed by atoms with Crippen molar-refractivity contribution in [1.29, 1.82) is 0 Å². The van der Waals surface area contributed by atoms with Crippen LogP contribution in [0.25, 0.3) is 0 Å². The van der Waals surface area contributed by atoms with Crippen molar-refractivity contribution < 1.29 is 9.00 Å². The predicted octanol–water partition coefficient (Wildman–Crippen LogP) is 1.76. The van der Waals surface area contributed by atoms with Gasteiger partial charge in [0.15, 0.2) is 0 Å². The van der Waals surface area contributed by atoms with Gasteiger partial charge in [-0.15, -0.1) is 0 Å². The van der Waals surface area contributed by atoms with Gasteiger partial charge >= 0.3 is 0 Å². The summed E-state index contributed by atoms with van der Waals surface area (Å²) in [5.74, 6) is 0.0659. The van der Waals surface area contributed by atoms with Crippen molar-refractivity contribution in [2.45, 2.75) is 4.90 Å². The number of aldehydes is 1. The molecular formula is C8H7BrO2S. The standard InChI is InChI=1S/C8H7BrO2S/c9-7-2-1-3-8(6-7)12(11)5-4-10/h1-4,6H,5H2. The van der Waals surface area contributed by atoms with Gasteiger partial charge < -0.3 is 4.79 Å².